The first-order valence-electron chi connectivity index (χ1n) is 8.46. The molecule has 1 saturated heterocycles. The third-order valence-electron chi connectivity index (χ3n) is 4.03. The molecule has 1 fully saturated rings. The van der Waals surface area contributed by atoms with Crippen LogP contribution in [0.25, 0.3) is 0 Å². The number of amides is 3. The van der Waals surface area contributed by atoms with Crippen molar-refractivity contribution in [2.45, 2.75) is 58.1 Å². The highest BCUT2D eigenvalue weighted by atomic mass is 16.6. The molecule has 0 aromatic carbocycles. The smallest absolute Gasteiger partial charge is 0.417 e. The maximum Gasteiger partial charge on any atom is 0.417 e. The molecule has 0 bridgehead atoms. The van der Waals surface area contributed by atoms with Gasteiger partial charge in [0.1, 0.15) is 11.1 Å². The molecule has 1 aliphatic heterocycles. The standard InChI is InChI=1S/C17H26N2O8/c1-16(2,3)27-15(25)18-8-9-19(11(20)6-7-12(21)22)17(4,14(18)24)10-13(23)26-5/h6-10H2,1-5H3,(H,21,22)/t17-/m0/s1. The van der Waals surface area contributed by atoms with Crippen LogP contribution in [-0.4, -0.2) is 76.1 Å². The molecule has 1 rings (SSSR count). The molecule has 10 heteroatoms. The summed E-state index contributed by atoms with van der Waals surface area (Å²) in [6, 6.07) is 0. The Morgan fingerprint density at radius 3 is 2.22 bits per heavy atom. The first kappa shape index (κ1) is 22.4. The van der Waals surface area contributed by atoms with Gasteiger partial charge in [-0.05, 0) is 27.7 Å². The lowest BCUT2D eigenvalue weighted by atomic mass is 9.90. The van der Waals surface area contributed by atoms with Gasteiger partial charge in [-0.25, -0.2) is 9.69 Å². The zero-order valence-corrected chi connectivity index (χ0v) is 16.2. The van der Waals surface area contributed by atoms with Crippen molar-refractivity contribution in [1.82, 2.24) is 9.80 Å². The van der Waals surface area contributed by atoms with E-state index < -0.39 is 53.8 Å². The third kappa shape index (κ3) is 5.66. The number of nitrogens with zero attached hydrogens (tertiary/aromatic N) is 2. The quantitative estimate of drug-likeness (QED) is 0.686. The summed E-state index contributed by atoms with van der Waals surface area (Å²) in [4.78, 5) is 62.3. The summed E-state index contributed by atoms with van der Waals surface area (Å²) < 4.78 is 9.83. The monoisotopic (exact) mass is 386 g/mol. The number of rotatable bonds is 5. The second-order valence-electron chi connectivity index (χ2n) is 7.40. The molecule has 10 nitrogen and oxygen atoms in total. The highest BCUT2D eigenvalue weighted by Gasteiger charge is 2.51. The summed E-state index contributed by atoms with van der Waals surface area (Å²) in [5.41, 5.74) is -2.51. The molecule has 0 saturated carbocycles. The van der Waals surface area contributed by atoms with Gasteiger partial charge in [0.15, 0.2) is 0 Å². The van der Waals surface area contributed by atoms with E-state index in [4.69, 9.17) is 9.84 Å². The summed E-state index contributed by atoms with van der Waals surface area (Å²) in [5.74, 6) is -3.28. The van der Waals surface area contributed by atoms with Gasteiger partial charge >= 0.3 is 18.0 Å². The van der Waals surface area contributed by atoms with Crippen molar-refractivity contribution in [3.8, 4) is 0 Å². The highest BCUT2D eigenvalue weighted by Crippen LogP contribution is 2.29. The fourth-order valence-corrected chi connectivity index (χ4v) is 2.72. The fraction of sp³-hybridized carbons (Fsp3) is 0.706. The molecule has 27 heavy (non-hydrogen) atoms. The van der Waals surface area contributed by atoms with Crippen LogP contribution >= 0.6 is 0 Å². The number of carboxylic acid groups (broad SMARTS) is 1. The Morgan fingerprint density at radius 1 is 1.15 bits per heavy atom. The van der Waals surface area contributed by atoms with Crippen molar-refractivity contribution in [1.29, 1.82) is 0 Å². The van der Waals surface area contributed by atoms with Crippen molar-refractivity contribution in [3.63, 3.8) is 0 Å². The van der Waals surface area contributed by atoms with Crippen LogP contribution in [0.2, 0.25) is 0 Å². The molecule has 0 unspecified atom stereocenters. The van der Waals surface area contributed by atoms with Gasteiger partial charge in [0.2, 0.25) is 5.91 Å². The normalized spacial score (nSPS) is 20.3. The van der Waals surface area contributed by atoms with E-state index in [0.717, 1.165) is 16.9 Å². The molecule has 0 spiro atoms. The van der Waals surface area contributed by atoms with Gasteiger partial charge in [-0.2, -0.15) is 0 Å². The lowest BCUT2D eigenvalue weighted by Crippen LogP contribution is -2.67. The minimum Gasteiger partial charge on any atom is -0.481 e. The number of carboxylic acids is 1. The van der Waals surface area contributed by atoms with E-state index >= 15 is 0 Å². The second-order valence-corrected chi connectivity index (χ2v) is 7.40. The van der Waals surface area contributed by atoms with Crippen LogP contribution in [0.1, 0.15) is 47.0 Å². The molecular weight excluding hydrogens is 360 g/mol. The summed E-state index contributed by atoms with van der Waals surface area (Å²) >= 11 is 0. The van der Waals surface area contributed by atoms with Crippen LogP contribution in [0.5, 0.6) is 0 Å². The molecule has 1 N–H and O–H groups in total. The minimum atomic E-state index is -1.68. The summed E-state index contributed by atoms with van der Waals surface area (Å²) in [6.07, 6.45) is -2.08. The van der Waals surface area contributed by atoms with E-state index in [1.54, 1.807) is 20.8 Å². The van der Waals surface area contributed by atoms with Crippen molar-refractivity contribution in [3.05, 3.63) is 0 Å². The summed E-state index contributed by atoms with van der Waals surface area (Å²) in [6.45, 7) is 6.12. The Balaban J connectivity index is 3.13. The number of piperazine rings is 1. The van der Waals surface area contributed by atoms with Gasteiger partial charge < -0.3 is 19.5 Å². The van der Waals surface area contributed by atoms with Gasteiger partial charge in [0.05, 0.1) is 20.0 Å². The molecule has 1 aliphatic rings. The SMILES string of the molecule is COC(=O)C[C@@]1(C)C(=O)N(C(=O)OC(C)(C)C)CCN1C(=O)CCC(=O)O. The molecule has 1 heterocycles. The zero-order valence-electron chi connectivity index (χ0n) is 16.2. The average Bonchev–Trinajstić information content (AvgIpc) is 2.53. The van der Waals surface area contributed by atoms with Gasteiger partial charge in [0, 0.05) is 19.5 Å². The number of methoxy groups -OCH3 is 1. The largest absolute Gasteiger partial charge is 0.481 e. The van der Waals surface area contributed by atoms with Crippen molar-refractivity contribution in [2.24, 2.45) is 0 Å². The lowest BCUT2D eigenvalue weighted by molar-refractivity contribution is -0.164. The van der Waals surface area contributed by atoms with E-state index in [9.17, 15) is 24.0 Å². The predicted molar refractivity (Wildman–Crippen MR) is 91.6 cm³/mol. The van der Waals surface area contributed by atoms with Crippen LogP contribution < -0.4 is 0 Å². The number of ether oxygens (including phenoxy) is 2. The number of carbonyl (C=O) groups excluding carboxylic acids is 4. The fourth-order valence-electron chi connectivity index (χ4n) is 2.72. The Morgan fingerprint density at radius 2 is 1.74 bits per heavy atom. The number of aliphatic carboxylic acids is 1. The van der Waals surface area contributed by atoms with E-state index in [-0.39, 0.29) is 19.5 Å². The number of hydrogen-bond acceptors (Lipinski definition) is 7. The average molecular weight is 386 g/mol. The maximum absolute atomic E-state index is 13.0. The van der Waals surface area contributed by atoms with E-state index in [1.807, 2.05) is 0 Å². The molecule has 152 valence electrons. The number of hydrogen-bond donors (Lipinski definition) is 1. The first-order valence-corrected chi connectivity index (χ1v) is 8.46. The Hall–Kier alpha value is -2.65. The van der Waals surface area contributed by atoms with Crippen LogP contribution in [-0.2, 0) is 28.7 Å². The van der Waals surface area contributed by atoms with Crippen molar-refractivity contribution in [2.75, 3.05) is 20.2 Å². The van der Waals surface area contributed by atoms with Gasteiger partial charge in [0.25, 0.3) is 5.91 Å². The summed E-state index contributed by atoms with van der Waals surface area (Å²) in [5, 5.41) is 8.77. The molecule has 0 aromatic rings. The molecule has 1 atom stereocenters. The molecule has 0 aromatic heterocycles. The Kier molecular flexibility index (Phi) is 6.93. The first-order chi connectivity index (χ1) is 12.3. The predicted octanol–water partition coefficient (Wildman–Crippen LogP) is 0.779. The van der Waals surface area contributed by atoms with Crippen LogP contribution in [0.4, 0.5) is 4.79 Å². The van der Waals surface area contributed by atoms with Crippen molar-refractivity contribution >= 4 is 29.8 Å². The van der Waals surface area contributed by atoms with Gasteiger partial charge in [-0.3, -0.25) is 19.2 Å². The number of imide groups is 1. The van der Waals surface area contributed by atoms with Crippen LogP contribution in [0, 0.1) is 0 Å². The minimum absolute atomic E-state index is 0.0447. The second kappa shape index (κ2) is 8.36. The van der Waals surface area contributed by atoms with Crippen LogP contribution in [0.15, 0.2) is 0 Å². The Labute approximate surface area is 157 Å². The van der Waals surface area contributed by atoms with E-state index in [0.29, 0.717) is 0 Å². The molecule has 0 aliphatic carbocycles. The summed E-state index contributed by atoms with van der Waals surface area (Å²) in [7, 11) is 1.14. The molecule has 3 amide bonds. The van der Waals surface area contributed by atoms with E-state index in [2.05, 4.69) is 4.74 Å². The van der Waals surface area contributed by atoms with Gasteiger partial charge in [-0.15, -0.1) is 0 Å². The zero-order chi connectivity index (χ0) is 21.0. The third-order valence-corrected chi connectivity index (χ3v) is 4.03. The van der Waals surface area contributed by atoms with Crippen LogP contribution in [0.3, 0.4) is 0 Å². The molecule has 0 radical (unpaired) electrons. The van der Waals surface area contributed by atoms with E-state index in [1.165, 1.54) is 6.92 Å². The lowest BCUT2D eigenvalue weighted by Gasteiger charge is -2.46. The number of carbonyl (C=O) groups is 5. The molecular formula is C17H26N2O8. The Bertz CT molecular complexity index is 639. The number of esters is 1. The van der Waals surface area contributed by atoms with Crippen molar-refractivity contribution < 1.29 is 38.6 Å². The highest BCUT2D eigenvalue weighted by molar-refractivity contribution is 6.02. The maximum atomic E-state index is 13.0. The van der Waals surface area contributed by atoms with Gasteiger partial charge in [-0.1, -0.05) is 0 Å². The topological polar surface area (TPSA) is 131 Å².